The van der Waals surface area contributed by atoms with Crippen molar-refractivity contribution >= 4 is 11.9 Å². The molecular formula is C22H32N3O2+. The van der Waals surface area contributed by atoms with Crippen LogP contribution < -0.4 is 10.2 Å². The number of hydrogen-bond acceptors (Lipinski definition) is 2. The van der Waals surface area contributed by atoms with E-state index in [1.165, 1.54) is 33.8 Å². The molecule has 1 aliphatic heterocycles. The Morgan fingerprint density at radius 3 is 2.37 bits per heavy atom. The first-order valence-corrected chi connectivity index (χ1v) is 10.6. The molecule has 2 saturated carbocycles. The highest BCUT2D eigenvalue weighted by atomic mass is 16.2. The summed E-state index contributed by atoms with van der Waals surface area (Å²) in [6.45, 7) is 5.76. The summed E-state index contributed by atoms with van der Waals surface area (Å²) in [5.74, 6) is 0.545. The van der Waals surface area contributed by atoms with Crippen LogP contribution in [0.25, 0.3) is 0 Å². The number of carbonyl (C=O) groups excluding carboxylic acids is 2. The van der Waals surface area contributed by atoms with Gasteiger partial charge in [0.05, 0.1) is 6.04 Å². The Balaban J connectivity index is 1.45. The van der Waals surface area contributed by atoms with Crippen LogP contribution in [0.5, 0.6) is 0 Å². The van der Waals surface area contributed by atoms with Crippen molar-refractivity contribution in [1.29, 1.82) is 0 Å². The fraction of sp³-hybridized carbons (Fsp3) is 0.636. The van der Waals surface area contributed by atoms with Gasteiger partial charge in [-0.15, -0.1) is 0 Å². The maximum Gasteiger partial charge on any atom is 0.329 e. The quantitative estimate of drug-likeness (QED) is 0.756. The van der Waals surface area contributed by atoms with E-state index in [1.807, 2.05) is 0 Å². The number of urea groups is 1. The van der Waals surface area contributed by atoms with E-state index in [1.54, 1.807) is 0 Å². The summed E-state index contributed by atoms with van der Waals surface area (Å²) in [5.41, 5.74) is 2.02. The van der Waals surface area contributed by atoms with Crippen LogP contribution in [0, 0.1) is 0 Å². The van der Waals surface area contributed by atoms with Gasteiger partial charge in [-0.2, -0.15) is 0 Å². The van der Waals surface area contributed by atoms with E-state index in [4.69, 9.17) is 0 Å². The number of benzene rings is 1. The van der Waals surface area contributed by atoms with Gasteiger partial charge in [0.15, 0.2) is 6.67 Å². The molecule has 5 nitrogen and oxygen atoms in total. The van der Waals surface area contributed by atoms with Crippen molar-refractivity contribution in [2.24, 2.45) is 0 Å². The second kappa shape index (κ2) is 7.27. The largest absolute Gasteiger partial charge is 0.329 e. The molecule has 1 aromatic rings. The number of imide groups is 1. The van der Waals surface area contributed by atoms with Crippen molar-refractivity contribution in [3.8, 4) is 0 Å². The van der Waals surface area contributed by atoms with Crippen molar-refractivity contribution in [3.05, 3.63) is 35.4 Å². The zero-order valence-corrected chi connectivity index (χ0v) is 16.6. The van der Waals surface area contributed by atoms with Gasteiger partial charge in [-0.25, -0.2) is 9.69 Å². The summed E-state index contributed by atoms with van der Waals surface area (Å²) in [4.78, 5) is 28.5. The zero-order chi connectivity index (χ0) is 19.0. The van der Waals surface area contributed by atoms with Gasteiger partial charge in [0.1, 0.15) is 12.1 Å². The van der Waals surface area contributed by atoms with Gasteiger partial charge in [0.2, 0.25) is 0 Å². The molecule has 0 radical (unpaired) electrons. The second-order valence-electron chi connectivity index (χ2n) is 8.97. The topological polar surface area (TPSA) is 53.9 Å². The number of quaternary nitrogens is 1. The van der Waals surface area contributed by atoms with Gasteiger partial charge in [0, 0.05) is 18.4 Å². The van der Waals surface area contributed by atoms with Crippen LogP contribution in [0.15, 0.2) is 24.3 Å². The van der Waals surface area contributed by atoms with Crippen molar-refractivity contribution in [1.82, 2.24) is 10.2 Å². The van der Waals surface area contributed by atoms with Gasteiger partial charge in [-0.1, -0.05) is 57.4 Å². The Hall–Kier alpha value is -1.88. The van der Waals surface area contributed by atoms with Gasteiger partial charge >= 0.3 is 6.03 Å². The number of amides is 3. The highest BCUT2D eigenvalue weighted by molar-refractivity contribution is 6.06. The van der Waals surface area contributed by atoms with E-state index in [0.717, 1.165) is 38.6 Å². The van der Waals surface area contributed by atoms with Crippen molar-refractivity contribution in [2.45, 2.75) is 82.8 Å². The van der Waals surface area contributed by atoms with Crippen molar-refractivity contribution < 1.29 is 14.5 Å². The molecule has 1 unspecified atom stereocenters. The fourth-order valence-corrected chi connectivity index (χ4v) is 4.62. The summed E-state index contributed by atoms with van der Waals surface area (Å²) >= 11 is 0. The Morgan fingerprint density at radius 1 is 1.11 bits per heavy atom. The summed E-state index contributed by atoms with van der Waals surface area (Å²) in [7, 11) is 0. The van der Waals surface area contributed by atoms with Crippen LogP contribution in [-0.2, 0) is 11.3 Å². The van der Waals surface area contributed by atoms with Crippen LogP contribution in [0.4, 0.5) is 4.79 Å². The minimum Gasteiger partial charge on any atom is -0.323 e. The molecule has 2 aliphatic carbocycles. The van der Waals surface area contributed by atoms with E-state index in [9.17, 15) is 9.59 Å². The summed E-state index contributed by atoms with van der Waals surface area (Å²) in [5, 5.41) is 3.04. The van der Waals surface area contributed by atoms with E-state index in [-0.39, 0.29) is 11.9 Å². The molecule has 1 saturated heterocycles. The lowest BCUT2D eigenvalue weighted by Gasteiger charge is -2.30. The highest BCUT2D eigenvalue weighted by Gasteiger charge is 2.53. The number of carbonyl (C=O) groups is 2. The monoisotopic (exact) mass is 370 g/mol. The lowest BCUT2D eigenvalue weighted by molar-refractivity contribution is -0.931. The third-order valence-electron chi connectivity index (χ3n) is 6.55. The predicted molar refractivity (Wildman–Crippen MR) is 104 cm³/mol. The molecule has 1 aromatic carbocycles. The second-order valence-corrected chi connectivity index (χ2v) is 8.97. The summed E-state index contributed by atoms with van der Waals surface area (Å²) in [6, 6.07) is 9.19. The van der Waals surface area contributed by atoms with Gasteiger partial charge in [0.25, 0.3) is 5.91 Å². The molecule has 1 atom stereocenters. The lowest BCUT2D eigenvalue weighted by atomic mass is 9.82. The van der Waals surface area contributed by atoms with Crippen LogP contribution in [0.2, 0.25) is 0 Å². The first kappa shape index (κ1) is 18.5. The molecule has 3 amide bonds. The van der Waals surface area contributed by atoms with Gasteiger partial charge in [-0.3, -0.25) is 4.79 Å². The molecule has 1 heterocycles. The Bertz CT molecular complexity index is 703. The van der Waals surface area contributed by atoms with E-state index < -0.39 is 5.54 Å². The molecule has 4 rings (SSSR count). The Morgan fingerprint density at radius 2 is 1.78 bits per heavy atom. The minimum atomic E-state index is -0.608. The predicted octanol–water partition coefficient (Wildman–Crippen LogP) is 2.57. The molecule has 0 bridgehead atoms. The highest BCUT2D eigenvalue weighted by Crippen LogP contribution is 2.33. The molecule has 5 heteroatoms. The van der Waals surface area contributed by atoms with E-state index in [2.05, 4.69) is 43.4 Å². The molecule has 1 spiro atoms. The average molecular weight is 371 g/mol. The van der Waals surface area contributed by atoms with Gasteiger partial charge in [-0.05, 0) is 24.3 Å². The average Bonchev–Trinajstić information content (AvgIpc) is 3.47. The Labute approximate surface area is 162 Å². The standard InChI is InChI=1S/C22H31N3O2/c1-16(2)18-8-6-17(7-9-18)14-24(19-10-11-19)15-25-20(26)22(23-21(25)27)12-4-3-5-13-22/h6-9,16,19H,3-5,10-15H2,1-2H3,(H,23,27)/p+1. The zero-order valence-electron chi connectivity index (χ0n) is 16.6. The fourth-order valence-electron chi connectivity index (χ4n) is 4.62. The van der Waals surface area contributed by atoms with Crippen LogP contribution in [0.1, 0.15) is 75.8 Å². The van der Waals surface area contributed by atoms with Crippen LogP contribution in [-0.4, -0.2) is 35.1 Å². The van der Waals surface area contributed by atoms with E-state index >= 15 is 0 Å². The number of hydrogen-bond donors (Lipinski definition) is 2. The van der Waals surface area contributed by atoms with Gasteiger partial charge < -0.3 is 10.2 Å². The van der Waals surface area contributed by atoms with Crippen LogP contribution >= 0.6 is 0 Å². The van der Waals surface area contributed by atoms with E-state index in [0.29, 0.717) is 18.6 Å². The molecule has 3 aliphatic rings. The molecule has 0 aromatic heterocycles. The summed E-state index contributed by atoms with van der Waals surface area (Å²) in [6.07, 6.45) is 7.19. The molecule has 2 N–H and O–H groups in total. The lowest BCUT2D eigenvalue weighted by Crippen LogP contribution is -3.13. The maximum atomic E-state index is 13.1. The SMILES string of the molecule is CC(C)c1ccc(C[NH+](CN2C(=O)NC3(CCCCC3)C2=O)C2CC2)cc1. The molecule has 3 fully saturated rings. The van der Waals surface area contributed by atoms with Crippen molar-refractivity contribution in [2.75, 3.05) is 6.67 Å². The minimum absolute atomic E-state index is 0.0144. The third-order valence-corrected chi connectivity index (χ3v) is 6.55. The number of nitrogens with one attached hydrogen (secondary N) is 2. The maximum absolute atomic E-state index is 13.1. The first-order valence-electron chi connectivity index (χ1n) is 10.6. The first-order chi connectivity index (χ1) is 13.0. The number of rotatable bonds is 6. The smallest absolute Gasteiger partial charge is 0.323 e. The Kier molecular flexibility index (Phi) is 4.97. The molecular weight excluding hydrogens is 338 g/mol. The number of nitrogens with zero attached hydrogens (tertiary/aromatic N) is 1. The molecule has 146 valence electrons. The third kappa shape index (κ3) is 3.75. The normalized spacial score (nSPS) is 23.1. The van der Waals surface area contributed by atoms with Crippen molar-refractivity contribution in [3.63, 3.8) is 0 Å². The summed E-state index contributed by atoms with van der Waals surface area (Å²) < 4.78 is 0. The molecule has 27 heavy (non-hydrogen) atoms. The van der Waals surface area contributed by atoms with Crippen LogP contribution in [0.3, 0.4) is 0 Å².